The molecule has 1 aliphatic rings. The highest BCUT2D eigenvalue weighted by atomic mass is 19.1. The first-order chi connectivity index (χ1) is 13.5. The number of hydrogen-bond acceptors (Lipinski definition) is 4. The number of aromatic nitrogens is 2. The molecule has 1 aromatic carbocycles. The number of carbonyl (C=O) groups excluding carboxylic acids is 2. The number of amides is 2. The first-order valence-corrected chi connectivity index (χ1v) is 9.47. The van der Waals surface area contributed by atoms with Gasteiger partial charge in [-0.25, -0.2) is 13.9 Å². The van der Waals surface area contributed by atoms with E-state index in [0.717, 1.165) is 0 Å². The Labute approximate surface area is 163 Å². The van der Waals surface area contributed by atoms with Crippen LogP contribution in [0.2, 0.25) is 0 Å². The summed E-state index contributed by atoms with van der Waals surface area (Å²) in [5.74, 6) is -0.360. The summed E-state index contributed by atoms with van der Waals surface area (Å²) >= 11 is 0. The van der Waals surface area contributed by atoms with Crippen molar-refractivity contribution in [3.63, 3.8) is 0 Å². The van der Waals surface area contributed by atoms with Crippen molar-refractivity contribution in [2.75, 3.05) is 32.8 Å². The number of nitrogens with zero attached hydrogens (tertiary/aromatic N) is 4. The average Bonchev–Trinajstić information content (AvgIpc) is 3.03. The highest BCUT2D eigenvalue weighted by Gasteiger charge is 2.25. The lowest BCUT2D eigenvalue weighted by Crippen LogP contribution is -2.38. The monoisotopic (exact) mass is 388 g/mol. The van der Waals surface area contributed by atoms with Crippen LogP contribution in [0.5, 0.6) is 0 Å². The Kier molecular flexibility index (Phi) is 6.28. The third kappa shape index (κ3) is 4.68. The molecule has 150 valence electrons. The zero-order chi connectivity index (χ0) is 20.1. The van der Waals surface area contributed by atoms with Crippen LogP contribution in [-0.4, -0.2) is 64.4 Å². The van der Waals surface area contributed by atoms with Gasteiger partial charge in [0, 0.05) is 32.4 Å². The molecule has 1 fully saturated rings. The molecule has 0 N–H and O–H groups in total. The molecular weight excluding hydrogens is 363 g/mol. The first kappa shape index (κ1) is 19.9. The fraction of sp³-hybridized carbons (Fsp3) is 0.450. The maximum atomic E-state index is 13.9. The van der Waals surface area contributed by atoms with Gasteiger partial charge in [-0.3, -0.25) is 4.79 Å². The largest absolute Gasteiger partial charge is 0.449 e. The molecule has 7 nitrogen and oxygen atoms in total. The quantitative estimate of drug-likeness (QED) is 0.808. The standard InChI is InChI=1S/C20H25FN4O3/c1-15(2)14-28-20(27)24-10-5-9-23(12-13-24)19(26)17-8-11-25(22-17)18-7-4-3-6-16(18)21/h3-4,6-8,11,15H,5,9-10,12-14H2,1-2H3. The Morgan fingerprint density at radius 3 is 2.57 bits per heavy atom. The molecule has 1 saturated heterocycles. The molecule has 0 atom stereocenters. The SMILES string of the molecule is CC(C)COC(=O)N1CCCN(C(=O)c2ccn(-c3ccccc3F)n2)CC1. The maximum Gasteiger partial charge on any atom is 0.409 e. The van der Waals surface area contributed by atoms with E-state index >= 15 is 0 Å². The molecule has 8 heteroatoms. The molecule has 28 heavy (non-hydrogen) atoms. The normalized spacial score (nSPS) is 14.9. The molecule has 1 aliphatic heterocycles. The number of para-hydroxylation sites is 1. The van der Waals surface area contributed by atoms with E-state index in [2.05, 4.69) is 5.10 Å². The molecule has 0 radical (unpaired) electrons. The van der Waals surface area contributed by atoms with Gasteiger partial charge in [0.15, 0.2) is 5.69 Å². The van der Waals surface area contributed by atoms with Gasteiger partial charge in [0.05, 0.1) is 6.61 Å². The fourth-order valence-electron chi connectivity index (χ4n) is 3.00. The smallest absolute Gasteiger partial charge is 0.409 e. The zero-order valence-electron chi connectivity index (χ0n) is 16.2. The number of carbonyl (C=O) groups is 2. The molecule has 0 bridgehead atoms. The van der Waals surface area contributed by atoms with Crippen LogP contribution in [0.4, 0.5) is 9.18 Å². The van der Waals surface area contributed by atoms with E-state index in [4.69, 9.17) is 4.74 Å². The van der Waals surface area contributed by atoms with Gasteiger partial charge in [-0.2, -0.15) is 5.10 Å². The molecule has 0 unspecified atom stereocenters. The van der Waals surface area contributed by atoms with Crippen molar-refractivity contribution in [2.24, 2.45) is 5.92 Å². The lowest BCUT2D eigenvalue weighted by atomic mass is 10.2. The van der Waals surface area contributed by atoms with Crippen LogP contribution in [0, 0.1) is 11.7 Å². The van der Waals surface area contributed by atoms with Gasteiger partial charge in [0.25, 0.3) is 5.91 Å². The molecule has 2 amide bonds. The van der Waals surface area contributed by atoms with Crippen LogP contribution >= 0.6 is 0 Å². The van der Waals surface area contributed by atoms with Crippen LogP contribution in [-0.2, 0) is 4.74 Å². The molecule has 0 aliphatic carbocycles. The summed E-state index contributed by atoms with van der Waals surface area (Å²) in [6.07, 6.45) is 1.89. The minimum Gasteiger partial charge on any atom is -0.449 e. The Bertz CT molecular complexity index is 836. The van der Waals surface area contributed by atoms with E-state index in [1.165, 1.54) is 10.7 Å². The Balaban J connectivity index is 1.62. The van der Waals surface area contributed by atoms with Gasteiger partial charge in [0.1, 0.15) is 11.5 Å². The van der Waals surface area contributed by atoms with Crippen molar-refractivity contribution in [3.05, 3.63) is 48.0 Å². The lowest BCUT2D eigenvalue weighted by molar-refractivity contribution is 0.0740. The van der Waals surface area contributed by atoms with E-state index in [0.29, 0.717) is 39.2 Å². The highest BCUT2D eigenvalue weighted by Crippen LogP contribution is 2.14. The molecular formula is C20H25FN4O3. The predicted molar refractivity (Wildman–Crippen MR) is 102 cm³/mol. The minimum absolute atomic E-state index is 0.229. The number of hydrogen-bond donors (Lipinski definition) is 0. The van der Waals surface area contributed by atoms with Gasteiger partial charge in [0.2, 0.25) is 0 Å². The van der Waals surface area contributed by atoms with Crippen molar-refractivity contribution in [3.8, 4) is 5.69 Å². The number of ether oxygens (including phenoxy) is 1. The van der Waals surface area contributed by atoms with E-state index < -0.39 is 5.82 Å². The van der Waals surface area contributed by atoms with Gasteiger partial charge < -0.3 is 14.5 Å². The maximum absolute atomic E-state index is 13.9. The van der Waals surface area contributed by atoms with Crippen molar-refractivity contribution in [1.82, 2.24) is 19.6 Å². The topological polar surface area (TPSA) is 67.7 Å². The summed E-state index contributed by atoms with van der Waals surface area (Å²) in [5.41, 5.74) is 0.538. The fourth-order valence-corrected chi connectivity index (χ4v) is 3.00. The minimum atomic E-state index is -0.407. The Morgan fingerprint density at radius 1 is 1.11 bits per heavy atom. The van der Waals surface area contributed by atoms with Gasteiger partial charge in [-0.1, -0.05) is 26.0 Å². The van der Waals surface area contributed by atoms with E-state index in [9.17, 15) is 14.0 Å². The molecule has 0 spiro atoms. The molecule has 2 aromatic rings. The highest BCUT2D eigenvalue weighted by molar-refractivity contribution is 5.92. The van der Waals surface area contributed by atoms with Crippen LogP contribution < -0.4 is 0 Å². The third-order valence-corrected chi connectivity index (χ3v) is 4.49. The second kappa shape index (κ2) is 8.86. The molecule has 2 heterocycles. The van der Waals surface area contributed by atoms with Gasteiger partial charge in [-0.15, -0.1) is 0 Å². The zero-order valence-corrected chi connectivity index (χ0v) is 16.2. The van der Waals surface area contributed by atoms with Crippen molar-refractivity contribution < 1.29 is 18.7 Å². The van der Waals surface area contributed by atoms with Crippen molar-refractivity contribution in [2.45, 2.75) is 20.3 Å². The number of rotatable bonds is 4. The summed E-state index contributed by atoms with van der Waals surface area (Å²) in [7, 11) is 0. The van der Waals surface area contributed by atoms with E-state index in [1.54, 1.807) is 40.3 Å². The van der Waals surface area contributed by atoms with Crippen LogP contribution in [0.1, 0.15) is 30.8 Å². The van der Waals surface area contributed by atoms with E-state index in [-0.39, 0.29) is 29.3 Å². The van der Waals surface area contributed by atoms with Gasteiger partial charge in [-0.05, 0) is 30.5 Å². The summed E-state index contributed by atoms with van der Waals surface area (Å²) in [6, 6.07) is 7.84. The second-order valence-corrected chi connectivity index (χ2v) is 7.20. The van der Waals surface area contributed by atoms with E-state index in [1.807, 2.05) is 13.8 Å². The predicted octanol–water partition coefficient (Wildman–Crippen LogP) is 2.95. The number of benzene rings is 1. The van der Waals surface area contributed by atoms with Crippen LogP contribution in [0.25, 0.3) is 5.69 Å². The number of halogens is 1. The van der Waals surface area contributed by atoms with Crippen LogP contribution in [0.3, 0.4) is 0 Å². The van der Waals surface area contributed by atoms with Crippen molar-refractivity contribution >= 4 is 12.0 Å². The average molecular weight is 388 g/mol. The second-order valence-electron chi connectivity index (χ2n) is 7.20. The lowest BCUT2D eigenvalue weighted by Gasteiger charge is -2.21. The summed E-state index contributed by atoms with van der Waals surface area (Å²) < 4.78 is 20.6. The molecule has 1 aromatic heterocycles. The summed E-state index contributed by atoms with van der Waals surface area (Å²) in [6.45, 7) is 6.24. The van der Waals surface area contributed by atoms with Gasteiger partial charge >= 0.3 is 6.09 Å². The first-order valence-electron chi connectivity index (χ1n) is 9.47. The Hall–Kier alpha value is -2.90. The van der Waals surface area contributed by atoms with Crippen molar-refractivity contribution in [1.29, 1.82) is 0 Å². The Morgan fingerprint density at radius 2 is 1.82 bits per heavy atom. The van der Waals surface area contributed by atoms with Crippen LogP contribution in [0.15, 0.2) is 36.5 Å². The summed E-state index contributed by atoms with van der Waals surface area (Å²) in [5, 5.41) is 4.23. The molecule has 0 saturated carbocycles. The molecule has 3 rings (SSSR count). The summed E-state index contributed by atoms with van der Waals surface area (Å²) in [4.78, 5) is 28.2. The third-order valence-electron chi connectivity index (χ3n) is 4.49.